The Morgan fingerprint density at radius 3 is 2.41 bits per heavy atom. The third kappa shape index (κ3) is 4.01. The first-order chi connectivity index (χ1) is 15.2. The van der Waals surface area contributed by atoms with Crippen molar-refractivity contribution < 1.29 is 28.7 Å². The van der Waals surface area contributed by atoms with Gasteiger partial charge in [0.05, 0.1) is 16.3 Å². The number of halogens is 2. The van der Waals surface area contributed by atoms with Crippen molar-refractivity contribution in [3.8, 4) is 11.3 Å². The standard InChI is InChI=1S/C22H12Cl2N2O6/c23-12-2-4-13(5-3-12)26-20(28)16(19(27)25-22(26)31)10-14-6-8-18(32-14)11-1-7-17(24)15(9-11)21(29)30/h1-10H,(H,29,30)(H,25,27,31)/b16-10-. The fourth-order valence-corrected chi connectivity index (χ4v) is 3.38. The quantitative estimate of drug-likeness (QED) is 0.424. The molecule has 0 saturated carbocycles. The van der Waals surface area contributed by atoms with Gasteiger partial charge in [-0.3, -0.25) is 14.9 Å². The van der Waals surface area contributed by atoms with E-state index in [4.69, 9.17) is 27.6 Å². The van der Waals surface area contributed by atoms with Crippen molar-refractivity contribution in [2.45, 2.75) is 0 Å². The lowest BCUT2D eigenvalue weighted by Gasteiger charge is -2.26. The Labute approximate surface area is 190 Å². The first kappa shape index (κ1) is 21.4. The molecule has 0 radical (unpaired) electrons. The number of hydrogen-bond acceptors (Lipinski definition) is 5. The summed E-state index contributed by atoms with van der Waals surface area (Å²) in [6.45, 7) is 0. The number of furan rings is 1. The first-order valence-corrected chi connectivity index (χ1v) is 9.80. The summed E-state index contributed by atoms with van der Waals surface area (Å²) < 4.78 is 5.66. The number of barbiturate groups is 1. The molecule has 2 aromatic carbocycles. The lowest BCUT2D eigenvalue weighted by atomic mass is 10.1. The van der Waals surface area contributed by atoms with Crippen LogP contribution in [0.15, 0.2) is 64.6 Å². The molecule has 0 bridgehead atoms. The van der Waals surface area contributed by atoms with E-state index in [0.29, 0.717) is 16.3 Å². The Morgan fingerprint density at radius 2 is 1.72 bits per heavy atom. The van der Waals surface area contributed by atoms with E-state index in [-0.39, 0.29) is 27.6 Å². The highest BCUT2D eigenvalue weighted by atomic mass is 35.5. The monoisotopic (exact) mass is 470 g/mol. The summed E-state index contributed by atoms with van der Waals surface area (Å²) in [5.74, 6) is -2.45. The number of hydrogen-bond donors (Lipinski definition) is 2. The van der Waals surface area contributed by atoms with E-state index in [0.717, 1.165) is 4.90 Å². The second kappa shape index (κ2) is 8.33. The average Bonchev–Trinajstić information content (AvgIpc) is 3.21. The van der Waals surface area contributed by atoms with Gasteiger partial charge in [0.1, 0.15) is 17.1 Å². The van der Waals surface area contributed by atoms with Gasteiger partial charge in [-0.15, -0.1) is 0 Å². The zero-order valence-electron chi connectivity index (χ0n) is 16.0. The minimum Gasteiger partial charge on any atom is -0.478 e. The van der Waals surface area contributed by atoms with Gasteiger partial charge >= 0.3 is 12.0 Å². The number of amides is 4. The molecule has 0 unspecified atom stereocenters. The van der Waals surface area contributed by atoms with E-state index < -0.39 is 23.8 Å². The molecule has 4 rings (SSSR count). The number of aromatic carboxylic acids is 1. The van der Waals surface area contributed by atoms with Gasteiger partial charge in [-0.1, -0.05) is 23.2 Å². The van der Waals surface area contributed by atoms with Crippen LogP contribution in [0.5, 0.6) is 0 Å². The van der Waals surface area contributed by atoms with Crippen LogP contribution < -0.4 is 10.2 Å². The zero-order chi connectivity index (χ0) is 23.0. The van der Waals surface area contributed by atoms with Gasteiger partial charge in [0.15, 0.2) is 0 Å². The first-order valence-electron chi connectivity index (χ1n) is 9.04. The number of carboxylic acid groups (broad SMARTS) is 1. The van der Waals surface area contributed by atoms with Crippen LogP contribution in [0.4, 0.5) is 10.5 Å². The molecule has 1 aliphatic heterocycles. The van der Waals surface area contributed by atoms with Crippen molar-refractivity contribution in [3.63, 3.8) is 0 Å². The molecule has 3 aromatic rings. The van der Waals surface area contributed by atoms with E-state index in [9.17, 15) is 24.3 Å². The number of nitrogens with one attached hydrogen (secondary N) is 1. The van der Waals surface area contributed by atoms with Crippen LogP contribution in [-0.4, -0.2) is 28.9 Å². The number of carboxylic acids is 1. The molecular formula is C22H12Cl2N2O6. The highest BCUT2D eigenvalue weighted by Gasteiger charge is 2.37. The molecular weight excluding hydrogens is 459 g/mol. The van der Waals surface area contributed by atoms with Crippen molar-refractivity contribution >= 4 is 58.8 Å². The van der Waals surface area contributed by atoms with Crippen LogP contribution in [0.1, 0.15) is 16.1 Å². The third-order valence-corrected chi connectivity index (χ3v) is 5.16. The maximum absolute atomic E-state index is 12.9. The van der Waals surface area contributed by atoms with Crippen molar-refractivity contribution in [2.75, 3.05) is 4.90 Å². The fraction of sp³-hybridized carbons (Fsp3) is 0. The maximum Gasteiger partial charge on any atom is 0.337 e. The number of urea groups is 1. The molecule has 8 nitrogen and oxygen atoms in total. The van der Waals surface area contributed by atoms with Gasteiger partial charge in [0, 0.05) is 10.6 Å². The summed E-state index contributed by atoms with van der Waals surface area (Å²) in [4.78, 5) is 49.5. The number of benzene rings is 2. The minimum atomic E-state index is -1.19. The predicted octanol–water partition coefficient (Wildman–Crippen LogP) is 4.62. The fourth-order valence-electron chi connectivity index (χ4n) is 3.05. The molecule has 1 fully saturated rings. The van der Waals surface area contributed by atoms with Crippen LogP contribution in [0, 0.1) is 0 Å². The smallest absolute Gasteiger partial charge is 0.337 e. The van der Waals surface area contributed by atoms with Crippen LogP contribution in [0.25, 0.3) is 17.4 Å². The molecule has 2 heterocycles. The van der Waals surface area contributed by atoms with Gasteiger partial charge in [0.2, 0.25) is 0 Å². The van der Waals surface area contributed by atoms with Crippen LogP contribution in [0.3, 0.4) is 0 Å². The second-order valence-corrected chi connectivity index (χ2v) is 7.48. The number of imide groups is 2. The summed E-state index contributed by atoms with van der Waals surface area (Å²) in [6, 6.07) is 12.5. The number of anilines is 1. The van der Waals surface area contributed by atoms with Gasteiger partial charge in [-0.05, 0) is 60.7 Å². The molecule has 32 heavy (non-hydrogen) atoms. The van der Waals surface area contributed by atoms with E-state index in [2.05, 4.69) is 5.32 Å². The van der Waals surface area contributed by atoms with Gasteiger partial charge in [-0.25, -0.2) is 14.5 Å². The van der Waals surface area contributed by atoms with E-state index in [1.54, 1.807) is 12.1 Å². The normalized spacial score (nSPS) is 15.2. The molecule has 10 heteroatoms. The molecule has 1 aliphatic rings. The predicted molar refractivity (Wildman–Crippen MR) is 117 cm³/mol. The van der Waals surface area contributed by atoms with Crippen LogP contribution in [-0.2, 0) is 9.59 Å². The molecule has 0 atom stereocenters. The summed E-state index contributed by atoms with van der Waals surface area (Å²) in [7, 11) is 0. The van der Waals surface area contributed by atoms with Crippen LogP contribution >= 0.6 is 23.2 Å². The van der Waals surface area contributed by atoms with Gasteiger partial charge in [0.25, 0.3) is 11.8 Å². The average molecular weight is 471 g/mol. The molecule has 4 amide bonds. The number of carbonyl (C=O) groups is 4. The lowest BCUT2D eigenvalue weighted by molar-refractivity contribution is -0.122. The molecule has 0 aliphatic carbocycles. The number of carbonyl (C=O) groups excluding carboxylic acids is 3. The Bertz CT molecular complexity index is 1310. The number of nitrogens with zero attached hydrogens (tertiary/aromatic N) is 1. The maximum atomic E-state index is 12.9. The van der Waals surface area contributed by atoms with Crippen LogP contribution in [0.2, 0.25) is 10.0 Å². The van der Waals surface area contributed by atoms with E-state index in [1.165, 1.54) is 48.5 Å². The largest absolute Gasteiger partial charge is 0.478 e. The van der Waals surface area contributed by atoms with Crippen molar-refractivity contribution in [1.29, 1.82) is 0 Å². The Hall–Kier alpha value is -3.88. The molecule has 2 N–H and O–H groups in total. The summed E-state index contributed by atoms with van der Waals surface area (Å²) in [6.07, 6.45) is 1.20. The minimum absolute atomic E-state index is 0.0755. The van der Waals surface area contributed by atoms with Crippen molar-refractivity contribution in [1.82, 2.24) is 5.32 Å². The van der Waals surface area contributed by atoms with Gasteiger partial charge in [-0.2, -0.15) is 0 Å². The topological polar surface area (TPSA) is 117 Å². The number of rotatable bonds is 4. The lowest BCUT2D eigenvalue weighted by Crippen LogP contribution is -2.54. The SMILES string of the molecule is O=C1NC(=O)N(c2ccc(Cl)cc2)C(=O)/C1=C\c1ccc(-c2ccc(Cl)c(C(=O)O)c2)o1. The summed E-state index contributed by atoms with van der Waals surface area (Å²) in [5, 5.41) is 11.8. The Morgan fingerprint density at radius 1 is 1.00 bits per heavy atom. The third-order valence-electron chi connectivity index (χ3n) is 4.58. The van der Waals surface area contributed by atoms with E-state index >= 15 is 0 Å². The van der Waals surface area contributed by atoms with Crippen molar-refractivity contribution in [2.24, 2.45) is 0 Å². The molecule has 0 spiro atoms. The van der Waals surface area contributed by atoms with Crippen molar-refractivity contribution in [3.05, 3.63) is 81.5 Å². The molecule has 1 aromatic heterocycles. The van der Waals surface area contributed by atoms with Gasteiger partial charge < -0.3 is 9.52 Å². The highest BCUT2D eigenvalue weighted by molar-refractivity contribution is 6.39. The molecule has 1 saturated heterocycles. The van der Waals surface area contributed by atoms with E-state index in [1.807, 2.05) is 0 Å². The summed E-state index contributed by atoms with van der Waals surface area (Å²) >= 11 is 11.7. The second-order valence-electron chi connectivity index (χ2n) is 6.64. The Balaban J connectivity index is 1.67. The Kier molecular flexibility index (Phi) is 5.56. The summed E-state index contributed by atoms with van der Waals surface area (Å²) in [5.41, 5.74) is 0.258. The zero-order valence-corrected chi connectivity index (χ0v) is 17.5. The highest BCUT2D eigenvalue weighted by Crippen LogP contribution is 2.29. The molecule has 160 valence electrons.